The van der Waals surface area contributed by atoms with Crippen molar-refractivity contribution in [3.63, 3.8) is 0 Å². The van der Waals surface area contributed by atoms with Crippen molar-refractivity contribution in [1.29, 1.82) is 0 Å². The summed E-state index contributed by atoms with van der Waals surface area (Å²) in [5, 5.41) is 5.12. The maximum absolute atomic E-state index is 13.5. The summed E-state index contributed by atoms with van der Waals surface area (Å²) in [4.78, 5) is 15.3. The van der Waals surface area contributed by atoms with Gasteiger partial charge in [-0.05, 0) is 35.1 Å². The van der Waals surface area contributed by atoms with Crippen LogP contribution in [0.25, 0.3) is 10.8 Å². The summed E-state index contributed by atoms with van der Waals surface area (Å²) in [7, 11) is -3.78. The van der Waals surface area contributed by atoms with Gasteiger partial charge >= 0.3 is 0 Å². The van der Waals surface area contributed by atoms with Crippen molar-refractivity contribution in [2.45, 2.75) is 31.6 Å². The van der Waals surface area contributed by atoms with Gasteiger partial charge in [-0.2, -0.15) is 8.42 Å². The SMILES string of the molecule is C=C/C=C\N(C(=O)CC(C)(C)CC1=NS(=O)(=O)c2ccccc2N1)c1cccc2ccccc12. The molecule has 174 valence electrons. The number of amides is 1. The second kappa shape index (κ2) is 9.27. The van der Waals surface area contributed by atoms with E-state index in [1.165, 1.54) is 6.07 Å². The Labute approximate surface area is 200 Å². The predicted molar refractivity (Wildman–Crippen MR) is 138 cm³/mol. The van der Waals surface area contributed by atoms with Gasteiger partial charge in [0.2, 0.25) is 5.91 Å². The van der Waals surface area contributed by atoms with Gasteiger partial charge in [0.1, 0.15) is 10.7 Å². The minimum Gasteiger partial charge on any atom is -0.342 e. The van der Waals surface area contributed by atoms with Gasteiger partial charge in [-0.25, -0.2) is 0 Å². The molecule has 6 nitrogen and oxygen atoms in total. The Morgan fingerprint density at radius 2 is 1.76 bits per heavy atom. The number of carbonyl (C=O) groups excluding carboxylic acids is 1. The first-order valence-electron chi connectivity index (χ1n) is 11.0. The largest absolute Gasteiger partial charge is 0.342 e. The molecule has 1 heterocycles. The lowest BCUT2D eigenvalue weighted by Crippen LogP contribution is -2.33. The maximum atomic E-state index is 13.5. The molecule has 3 aromatic rings. The van der Waals surface area contributed by atoms with E-state index in [1.54, 1.807) is 41.5 Å². The zero-order valence-corrected chi connectivity index (χ0v) is 20.0. The van der Waals surface area contributed by atoms with Gasteiger partial charge < -0.3 is 5.32 Å². The van der Waals surface area contributed by atoms with E-state index < -0.39 is 15.4 Å². The summed E-state index contributed by atoms with van der Waals surface area (Å²) in [5.41, 5.74) is 0.720. The number of benzene rings is 3. The number of carbonyl (C=O) groups is 1. The highest BCUT2D eigenvalue weighted by Crippen LogP contribution is 2.34. The molecule has 0 fully saturated rings. The molecule has 0 unspecified atom stereocenters. The van der Waals surface area contributed by atoms with Crippen LogP contribution in [0.15, 0.2) is 101 Å². The van der Waals surface area contributed by atoms with E-state index in [9.17, 15) is 13.2 Å². The lowest BCUT2D eigenvalue weighted by molar-refractivity contribution is -0.119. The van der Waals surface area contributed by atoms with Crippen LogP contribution in [-0.4, -0.2) is 20.2 Å². The fourth-order valence-electron chi connectivity index (χ4n) is 4.12. The second-order valence-electron chi connectivity index (χ2n) is 8.99. The third kappa shape index (κ3) is 4.94. The summed E-state index contributed by atoms with van der Waals surface area (Å²) in [6.45, 7) is 7.59. The summed E-state index contributed by atoms with van der Waals surface area (Å²) < 4.78 is 29.2. The minimum absolute atomic E-state index is 0.112. The molecule has 0 saturated carbocycles. The van der Waals surface area contributed by atoms with Crippen LogP contribution in [0, 0.1) is 5.41 Å². The number of fused-ring (bicyclic) bond motifs is 2. The molecule has 0 aliphatic carbocycles. The van der Waals surface area contributed by atoms with Gasteiger partial charge in [-0.1, -0.05) is 75.0 Å². The summed E-state index contributed by atoms with van der Waals surface area (Å²) in [5.74, 6) is 0.217. The quantitative estimate of drug-likeness (QED) is 0.434. The van der Waals surface area contributed by atoms with E-state index in [-0.39, 0.29) is 17.2 Å². The number of sulfonamides is 1. The third-order valence-corrected chi connectivity index (χ3v) is 6.99. The zero-order valence-electron chi connectivity index (χ0n) is 19.2. The van der Waals surface area contributed by atoms with Crippen molar-refractivity contribution in [2.24, 2.45) is 9.81 Å². The Kier molecular flexibility index (Phi) is 6.39. The van der Waals surface area contributed by atoms with Crippen molar-refractivity contribution < 1.29 is 13.2 Å². The third-order valence-electron chi connectivity index (χ3n) is 5.62. The predicted octanol–water partition coefficient (Wildman–Crippen LogP) is 5.89. The number of allylic oxidation sites excluding steroid dienone is 2. The number of hydrogen-bond donors (Lipinski definition) is 1. The highest BCUT2D eigenvalue weighted by molar-refractivity contribution is 7.90. The topological polar surface area (TPSA) is 78.8 Å². The van der Waals surface area contributed by atoms with E-state index in [0.717, 1.165) is 16.5 Å². The number of amidine groups is 1. The molecule has 1 aliphatic rings. The lowest BCUT2D eigenvalue weighted by atomic mass is 9.84. The molecule has 3 aromatic carbocycles. The first-order chi connectivity index (χ1) is 16.2. The molecule has 34 heavy (non-hydrogen) atoms. The van der Waals surface area contributed by atoms with Crippen LogP contribution in [0.5, 0.6) is 0 Å². The van der Waals surface area contributed by atoms with Gasteiger partial charge in [0.05, 0.1) is 11.4 Å². The van der Waals surface area contributed by atoms with Crippen LogP contribution in [-0.2, 0) is 14.8 Å². The Bertz CT molecular complexity index is 1420. The maximum Gasteiger partial charge on any atom is 0.286 e. The van der Waals surface area contributed by atoms with Gasteiger partial charge in [-0.15, -0.1) is 4.40 Å². The van der Waals surface area contributed by atoms with Gasteiger partial charge in [0, 0.05) is 24.4 Å². The van der Waals surface area contributed by atoms with E-state index >= 15 is 0 Å². The van der Waals surface area contributed by atoms with E-state index in [4.69, 9.17) is 0 Å². The van der Waals surface area contributed by atoms with Crippen molar-refractivity contribution in [3.05, 3.63) is 91.7 Å². The minimum atomic E-state index is -3.78. The monoisotopic (exact) mass is 473 g/mol. The van der Waals surface area contributed by atoms with Crippen LogP contribution >= 0.6 is 0 Å². The van der Waals surface area contributed by atoms with Gasteiger partial charge in [0.15, 0.2) is 0 Å². The summed E-state index contributed by atoms with van der Waals surface area (Å²) in [6, 6.07) is 20.4. The van der Waals surface area contributed by atoms with E-state index in [1.807, 2.05) is 56.3 Å². The van der Waals surface area contributed by atoms with Gasteiger partial charge in [0.25, 0.3) is 10.0 Å². The fourth-order valence-corrected chi connectivity index (χ4v) is 5.26. The van der Waals surface area contributed by atoms with Crippen LogP contribution in [0.3, 0.4) is 0 Å². The molecular weight excluding hydrogens is 446 g/mol. The second-order valence-corrected chi connectivity index (χ2v) is 10.6. The Balaban J connectivity index is 1.60. The average molecular weight is 474 g/mol. The molecule has 7 heteroatoms. The molecule has 4 rings (SSSR count). The molecule has 0 spiro atoms. The number of rotatable bonds is 7. The highest BCUT2D eigenvalue weighted by Gasteiger charge is 2.31. The molecule has 1 N–H and O–H groups in total. The lowest BCUT2D eigenvalue weighted by Gasteiger charge is -2.29. The van der Waals surface area contributed by atoms with Crippen LogP contribution in [0.1, 0.15) is 26.7 Å². The van der Waals surface area contributed by atoms with Crippen molar-refractivity contribution in [3.8, 4) is 0 Å². The molecule has 0 saturated heterocycles. The van der Waals surface area contributed by atoms with Crippen LogP contribution in [0.4, 0.5) is 11.4 Å². The first kappa shape index (κ1) is 23.4. The normalized spacial score (nSPS) is 14.8. The molecule has 0 atom stereocenters. The molecule has 0 aromatic heterocycles. The summed E-state index contributed by atoms with van der Waals surface area (Å²) in [6.07, 6.45) is 5.54. The molecule has 0 bridgehead atoms. The highest BCUT2D eigenvalue weighted by atomic mass is 32.2. The Morgan fingerprint density at radius 3 is 2.56 bits per heavy atom. The molecule has 1 amide bonds. The van der Waals surface area contributed by atoms with Crippen molar-refractivity contribution in [1.82, 2.24) is 0 Å². The summed E-state index contributed by atoms with van der Waals surface area (Å²) >= 11 is 0. The number of para-hydroxylation sites is 1. The average Bonchev–Trinajstić information content (AvgIpc) is 2.78. The number of nitrogens with one attached hydrogen (secondary N) is 1. The number of hydrogen-bond acceptors (Lipinski definition) is 4. The smallest absolute Gasteiger partial charge is 0.286 e. The van der Waals surface area contributed by atoms with Crippen molar-refractivity contribution in [2.75, 3.05) is 10.2 Å². The van der Waals surface area contributed by atoms with E-state index in [0.29, 0.717) is 17.9 Å². The number of anilines is 2. The Hall–Kier alpha value is -3.71. The fraction of sp³-hybridized carbons (Fsp3) is 0.185. The van der Waals surface area contributed by atoms with Crippen molar-refractivity contribution >= 4 is 43.9 Å². The number of nitrogens with zero attached hydrogens (tertiary/aromatic N) is 2. The molecule has 1 aliphatic heterocycles. The van der Waals surface area contributed by atoms with Crippen LogP contribution in [0.2, 0.25) is 0 Å². The standard InChI is InChI=1S/C27H27N3O3S/c1-4-5-17-30(23-15-10-12-20-11-6-7-13-21(20)23)26(31)19-27(2,3)18-25-28-22-14-8-9-16-24(22)34(32,33)29-25/h4-17H,1,18-19H2,2-3H3,(H,28,29)/b17-5-. The zero-order chi connectivity index (χ0) is 24.3. The van der Waals surface area contributed by atoms with Crippen LogP contribution < -0.4 is 10.2 Å². The van der Waals surface area contributed by atoms with Gasteiger partial charge in [-0.3, -0.25) is 9.69 Å². The Morgan fingerprint density at radius 1 is 1.06 bits per heavy atom. The molecule has 0 radical (unpaired) electrons. The first-order valence-corrected chi connectivity index (χ1v) is 12.4. The molecular formula is C27H27N3O3S. The van der Waals surface area contributed by atoms with E-state index in [2.05, 4.69) is 16.3 Å².